The second kappa shape index (κ2) is 8.64. The molecule has 0 aliphatic heterocycles. The number of carbonyl (C=O) groups is 1. The molecular formula is C23H23ClN2O2S. The molecule has 2 aromatic carbocycles. The Bertz CT molecular complexity index is 1080. The summed E-state index contributed by atoms with van der Waals surface area (Å²) in [6, 6.07) is 11.5. The summed E-state index contributed by atoms with van der Waals surface area (Å²) in [4.78, 5) is 18.7. The molecule has 4 rings (SSSR count). The number of thioether (sulfide) groups is 1. The van der Waals surface area contributed by atoms with Gasteiger partial charge in [-0.2, -0.15) is 0 Å². The fourth-order valence-electron chi connectivity index (χ4n) is 3.76. The van der Waals surface area contributed by atoms with E-state index in [1.54, 1.807) is 18.9 Å². The Morgan fingerprint density at radius 2 is 2.03 bits per heavy atom. The van der Waals surface area contributed by atoms with Gasteiger partial charge >= 0.3 is 0 Å². The molecule has 1 heterocycles. The molecule has 0 unspecified atom stereocenters. The van der Waals surface area contributed by atoms with Crippen LogP contribution >= 0.6 is 23.4 Å². The van der Waals surface area contributed by atoms with Crippen LogP contribution in [0.3, 0.4) is 0 Å². The highest BCUT2D eigenvalue weighted by molar-refractivity contribution is 8.00. The smallest absolute Gasteiger partial charge is 0.234 e. The van der Waals surface area contributed by atoms with Gasteiger partial charge in [-0.25, -0.2) is 0 Å². The molecular weight excluding hydrogens is 404 g/mol. The Labute approximate surface area is 180 Å². The highest BCUT2D eigenvalue weighted by Crippen LogP contribution is 2.37. The van der Waals surface area contributed by atoms with E-state index in [1.807, 2.05) is 43.3 Å². The van der Waals surface area contributed by atoms with Crippen LogP contribution in [0.4, 0.5) is 5.69 Å². The molecule has 0 saturated carbocycles. The van der Waals surface area contributed by atoms with Crippen molar-refractivity contribution < 1.29 is 9.53 Å². The number of nitrogens with one attached hydrogen (secondary N) is 1. The van der Waals surface area contributed by atoms with Gasteiger partial charge in [-0.3, -0.25) is 9.78 Å². The molecule has 0 spiro atoms. The average Bonchev–Trinajstić information content (AvgIpc) is 2.71. The van der Waals surface area contributed by atoms with Crippen LogP contribution in [0, 0.1) is 6.92 Å². The molecule has 1 N–H and O–H groups in total. The molecule has 1 amide bonds. The normalized spacial score (nSPS) is 13.2. The average molecular weight is 427 g/mol. The quantitative estimate of drug-likeness (QED) is 0.522. The molecule has 0 saturated heterocycles. The van der Waals surface area contributed by atoms with Gasteiger partial charge in [-0.15, -0.1) is 11.8 Å². The summed E-state index contributed by atoms with van der Waals surface area (Å²) in [6.45, 7) is 1.99. The van der Waals surface area contributed by atoms with E-state index in [1.165, 1.54) is 5.56 Å². The van der Waals surface area contributed by atoms with Crippen molar-refractivity contribution in [1.82, 2.24) is 4.98 Å². The van der Waals surface area contributed by atoms with Crippen LogP contribution in [0.15, 0.2) is 41.3 Å². The highest BCUT2D eigenvalue weighted by Gasteiger charge is 2.20. The second-order valence-electron chi connectivity index (χ2n) is 7.28. The zero-order valence-corrected chi connectivity index (χ0v) is 18.1. The van der Waals surface area contributed by atoms with Crippen molar-refractivity contribution in [3.63, 3.8) is 0 Å². The van der Waals surface area contributed by atoms with E-state index in [2.05, 4.69) is 5.32 Å². The number of benzene rings is 2. The minimum absolute atomic E-state index is 0.0598. The first-order chi connectivity index (χ1) is 14.0. The Kier molecular flexibility index (Phi) is 5.97. The first-order valence-electron chi connectivity index (χ1n) is 9.73. The number of aryl methyl sites for hydroxylation is 2. The molecule has 6 heteroatoms. The maximum Gasteiger partial charge on any atom is 0.234 e. The van der Waals surface area contributed by atoms with E-state index in [9.17, 15) is 4.79 Å². The number of halogens is 1. The van der Waals surface area contributed by atoms with Crippen LogP contribution in [-0.4, -0.2) is 23.8 Å². The lowest BCUT2D eigenvalue weighted by Crippen LogP contribution is -2.15. The number of methoxy groups -OCH3 is 1. The SMILES string of the molecule is COc1ccc(C)cc1NC(=O)CSc1c2c(nc3ccc(Cl)cc13)CCCC2. The van der Waals surface area contributed by atoms with Crippen molar-refractivity contribution in [3.05, 3.63) is 58.2 Å². The number of hydrogen-bond donors (Lipinski definition) is 1. The van der Waals surface area contributed by atoms with Gasteiger partial charge in [0.05, 0.1) is 24.1 Å². The first kappa shape index (κ1) is 20.0. The van der Waals surface area contributed by atoms with Crippen molar-refractivity contribution in [2.24, 2.45) is 0 Å². The summed E-state index contributed by atoms with van der Waals surface area (Å²) in [5.74, 6) is 0.915. The number of rotatable bonds is 5. The molecule has 0 radical (unpaired) electrons. The van der Waals surface area contributed by atoms with Crippen molar-refractivity contribution >= 4 is 45.9 Å². The minimum atomic E-state index is -0.0598. The summed E-state index contributed by atoms with van der Waals surface area (Å²) in [5.41, 5.74) is 5.14. The Morgan fingerprint density at radius 3 is 2.86 bits per heavy atom. The molecule has 0 fully saturated rings. The predicted octanol–water partition coefficient (Wildman–Crippen LogP) is 5.81. The number of amides is 1. The van der Waals surface area contributed by atoms with E-state index in [0.29, 0.717) is 22.2 Å². The largest absolute Gasteiger partial charge is 0.495 e. The monoisotopic (exact) mass is 426 g/mol. The Balaban J connectivity index is 1.60. The van der Waals surface area contributed by atoms with Gasteiger partial charge in [-0.05, 0) is 74.1 Å². The zero-order valence-electron chi connectivity index (χ0n) is 16.5. The number of pyridine rings is 1. The highest BCUT2D eigenvalue weighted by atomic mass is 35.5. The van der Waals surface area contributed by atoms with Crippen molar-refractivity contribution in [1.29, 1.82) is 0 Å². The molecule has 4 nitrogen and oxygen atoms in total. The van der Waals surface area contributed by atoms with Crippen LogP contribution < -0.4 is 10.1 Å². The van der Waals surface area contributed by atoms with Crippen LogP contribution in [0.1, 0.15) is 29.7 Å². The number of fused-ring (bicyclic) bond motifs is 2. The van der Waals surface area contributed by atoms with Crippen LogP contribution in [0.5, 0.6) is 5.75 Å². The van der Waals surface area contributed by atoms with E-state index in [4.69, 9.17) is 21.3 Å². The first-order valence-corrected chi connectivity index (χ1v) is 11.1. The third-order valence-corrected chi connectivity index (χ3v) is 6.54. The standard InChI is InChI=1S/C23H23ClN2O2S/c1-14-7-10-21(28-2)20(11-14)26-22(27)13-29-23-16-5-3-4-6-18(16)25-19-9-8-15(24)12-17(19)23/h7-12H,3-6,13H2,1-2H3,(H,26,27). The minimum Gasteiger partial charge on any atom is -0.495 e. The summed E-state index contributed by atoms with van der Waals surface area (Å²) in [5, 5.41) is 4.70. The van der Waals surface area contributed by atoms with Crippen LogP contribution in [-0.2, 0) is 17.6 Å². The number of ether oxygens (including phenoxy) is 1. The molecule has 0 atom stereocenters. The molecule has 3 aromatic rings. The third kappa shape index (κ3) is 4.36. The summed E-state index contributed by atoms with van der Waals surface area (Å²) in [6.07, 6.45) is 4.31. The number of carbonyl (C=O) groups excluding carboxylic acids is 1. The van der Waals surface area contributed by atoms with Gasteiger partial charge < -0.3 is 10.1 Å². The van der Waals surface area contributed by atoms with Crippen molar-refractivity contribution in [2.75, 3.05) is 18.2 Å². The van der Waals surface area contributed by atoms with Gasteiger partial charge in [-0.1, -0.05) is 17.7 Å². The topological polar surface area (TPSA) is 51.2 Å². The van der Waals surface area contributed by atoms with E-state index in [0.717, 1.165) is 52.7 Å². The summed E-state index contributed by atoms with van der Waals surface area (Å²) < 4.78 is 5.36. The number of anilines is 1. The Hall–Kier alpha value is -2.24. The summed E-state index contributed by atoms with van der Waals surface area (Å²) in [7, 11) is 1.61. The van der Waals surface area contributed by atoms with Gasteiger partial charge in [0.2, 0.25) is 5.91 Å². The van der Waals surface area contributed by atoms with Gasteiger partial charge in [0.25, 0.3) is 0 Å². The Morgan fingerprint density at radius 1 is 1.21 bits per heavy atom. The lowest BCUT2D eigenvalue weighted by molar-refractivity contribution is -0.113. The number of aromatic nitrogens is 1. The maximum absolute atomic E-state index is 12.7. The van der Waals surface area contributed by atoms with Crippen LogP contribution in [0.25, 0.3) is 10.9 Å². The van der Waals surface area contributed by atoms with E-state index < -0.39 is 0 Å². The second-order valence-corrected chi connectivity index (χ2v) is 8.70. The van der Waals surface area contributed by atoms with Crippen molar-refractivity contribution in [3.8, 4) is 5.75 Å². The molecule has 0 bridgehead atoms. The molecule has 1 aromatic heterocycles. The van der Waals surface area contributed by atoms with Gasteiger partial charge in [0.1, 0.15) is 5.75 Å². The maximum atomic E-state index is 12.7. The molecule has 29 heavy (non-hydrogen) atoms. The van der Waals surface area contributed by atoms with Gasteiger partial charge in [0.15, 0.2) is 0 Å². The predicted molar refractivity (Wildman–Crippen MR) is 120 cm³/mol. The fourth-order valence-corrected chi connectivity index (χ4v) is 4.99. The van der Waals surface area contributed by atoms with E-state index >= 15 is 0 Å². The fraction of sp³-hybridized carbons (Fsp3) is 0.304. The van der Waals surface area contributed by atoms with Crippen molar-refractivity contribution in [2.45, 2.75) is 37.5 Å². The number of hydrogen-bond acceptors (Lipinski definition) is 4. The van der Waals surface area contributed by atoms with E-state index in [-0.39, 0.29) is 5.91 Å². The molecule has 1 aliphatic rings. The van der Waals surface area contributed by atoms with Crippen LogP contribution in [0.2, 0.25) is 5.02 Å². The molecule has 1 aliphatic carbocycles. The molecule has 150 valence electrons. The zero-order chi connectivity index (χ0) is 20.4. The number of nitrogens with zero attached hydrogens (tertiary/aromatic N) is 1. The third-order valence-electron chi connectivity index (χ3n) is 5.15. The van der Waals surface area contributed by atoms with Gasteiger partial charge in [0, 0.05) is 21.0 Å². The lowest BCUT2D eigenvalue weighted by Gasteiger charge is -2.20. The summed E-state index contributed by atoms with van der Waals surface area (Å²) >= 11 is 7.83. The lowest BCUT2D eigenvalue weighted by atomic mass is 9.94.